The first kappa shape index (κ1) is 12.3. The number of hydrogen-bond donors (Lipinski definition) is 0. The number of Topliss-reactive ketones (excluding diaryl/α,β-unsaturated/α-hetero) is 2. The predicted molar refractivity (Wildman–Crippen MR) is 62.9 cm³/mol. The van der Waals surface area contributed by atoms with E-state index in [-0.39, 0.29) is 16.5 Å². The van der Waals surface area contributed by atoms with Crippen LogP contribution in [0, 0.1) is 18.3 Å². The van der Waals surface area contributed by atoms with Crippen LogP contribution in [0.1, 0.15) is 6.42 Å². The molecule has 3 unspecified atom stereocenters. The molecule has 0 aromatic rings. The Kier molecular flexibility index (Phi) is 2.60. The van der Waals surface area contributed by atoms with Crippen LogP contribution in [-0.4, -0.2) is 21.3 Å². The van der Waals surface area contributed by atoms with Gasteiger partial charge in [0.05, 0.1) is 16.0 Å². The molecular weight excluding hydrogens is 294 g/mol. The van der Waals surface area contributed by atoms with Crippen molar-refractivity contribution in [3.05, 3.63) is 10.1 Å². The Balaban J connectivity index is 2.78. The summed E-state index contributed by atoms with van der Waals surface area (Å²) >= 11 is 23.9. The van der Waals surface area contributed by atoms with E-state index in [9.17, 15) is 9.59 Å². The highest BCUT2D eigenvalue weighted by Crippen LogP contribution is 2.57. The van der Waals surface area contributed by atoms with Crippen LogP contribution in [-0.2, 0) is 9.59 Å². The summed E-state index contributed by atoms with van der Waals surface area (Å²) in [7, 11) is 0. The molecule has 84 valence electrons. The van der Waals surface area contributed by atoms with Crippen LogP contribution in [0.4, 0.5) is 0 Å². The summed E-state index contributed by atoms with van der Waals surface area (Å²) in [6.07, 6.45) is 5.29. The van der Waals surface area contributed by atoms with E-state index < -0.39 is 27.2 Å². The van der Waals surface area contributed by atoms with E-state index >= 15 is 0 Å². The van der Waals surface area contributed by atoms with Gasteiger partial charge >= 0.3 is 0 Å². The number of fused-ring (bicyclic) bond motifs is 2. The highest BCUT2D eigenvalue weighted by atomic mass is 35.5. The van der Waals surface area contributed by atoms with Crippen LogP contribution in [0.25, 0.3) is 0 Å². The molecule has 3 aliphatic rings. The Hall–Kier alpha value is -0.200. The zero-order valence-corrected chi connectivity index (χ0v) is 10.7. The fourth-order valence-electron chi connectivity index (χ4n) is 1.97. The third kappa shape index (κ3) is 1.13. The number of hydrogen-bond acceptors (Lipinski definition) is 2. The smallest absolute Gasteiger partial charge is 0.228 e. The number of rotatable bonds is 0. The number of allylic oxidation sites excluding steroid dienone is 2. The number of carbonyl (C=O) groups excluding carboxylic acids is 2. The Morgan fingerprint density at radius 2 is 1.75 bits per heavy atom. The molecule has 1 fully saturated rings. The van der Waals surface area contributed by atoms with Crippen LogP contribution < -0.4 is 0 Å². The quantitative estimate of drug-likeness (QED) is 0.391. The maximum atomic E-state index is 11.8. The second-order valence-corrected chi connectivity index (χ2v) is 5.72. The molecule has 0 aliphatic heterocycles. The minimum atomic E-state index is -1.74. The van der Waals surface area contributed by atoms with Crippen molar-refractivity contribution in [2.24, 2.45) is 5.92 Å². The predicted octanol–water partition coefficient (Wildman–Crippen LogP) is 2.44. The summed E-state index contributed by atoms with van der Waals surface area (Å²) < 4.78 is 0. The fourth-order valence-corrected chi connectivity index (χ4v) is 3.41. The molecular formula is C10H4Cl4O2. The van der Waals surface area contributed by atoms with E-state index in [0.717, 1.165) is 0 Å². The third-order valence-electron chi connectivity index (χ3n) is 2.92. The molecule has 16 heavy (non-hydrogen) atoms. The number of carbonyl (C=O) groups is 2. The van der Waals surface area contributed by atoms with Crippen LogP contribution in [0.2, 0.25) is 0 Å². The van der Waals surface area contributed by atoms with E-state index in [0.29, 0.717) is 0 Å². The van der Waals surface area contributed by atoms with Gasteiger partial charge in [-0.1, -0.05) is 23.2 Å². The lowest BCUT2D eigenvalue weighted by atomic mass is 9.66. The van der Waals surface area contributed by atoms with Gasteiger partial charge in [0.25, 0.3) is 0 Å². The molecule has 0 saturated heterocycles. The molecule has 0 aromatic carbocycles. The summed E-state index contributed by atoms with van der Waals surface area (Å²) in [6.45, 7) is 0. The summed E-state index contributed by atoms with van der Waals surface area (Å²) in [4.78, 5) is 20.1. The van der Waals surface area contributed by atoms with E-state index in [2.05, 4.69) is 5.92 Å². The highest BCUT2D eigenvalue weighted by Gasteiger charge is 2.67. The summed E-state index contributed by atoms with van der Waals surface area (Å²) in [5, 5.41) is -0.230. The van der Waals surface area contributed by atoms with Crippen molar-refractivity contribution in [1.29, 1.82) is 0 Å². The van der Waals surface area contributed by atoms with Crippen molar-refractivity contribution < 1.29 is 9.59 Å². The Labute approximate surface area is 112 Å². The van der Waals surface area contributed by atoms with Crippen LogP contribution in [0.3, 0.4) is 0 Å². The molecule has 2 bridgehead atoms. The van der Waals surface area contributed by atoms with Crippen LogP contribution in [0.15, 0.2) is 10.1 Å². The average Bonchev–Trinajstić information content (AvgIpc) is 2.27. The summed E-state index contributed by atoms with van der Waals surface area (Å²) in [5.41, 5.74) is 0. The third-order valence-corrected chi connectivity index (χ3v) is 5.35. The average molecular weight is 298 g/mol. The van der Waals surface area contributed by atoms with Crippen molar-refractivity contribution in [3.63, 3.8) is 0 Å². The van der Waals surface area contributed by atoms with Gasteiger partial charge in [0, 0.05) is 0 Å². The molecule has 3 aliphatic carbocycles. The van der Waals surface area contributed by atoms with E-state index in [1.807, 2.05) is 0 Å². The van der Waals surface area contributed by atoms with Crippen molar-refractivity contribution >= 4 is 58.0 Å². The lowest BCUT2D eigenvalue weighted by Gasteiger charge is -2.46. The zero-order chi connectivity index (χ0) is 12.3. The summed E-state index contributed by atoms with van der Waals surface area (Å²) in [5.74, 6) is -0.118. The van der Waals surface area contributed by atoms with Crippen LogP contribution in [0.5, 0.6) is 0 Å². The Bertz CT molecular complexity index is 490. The minimum absolute atomic E-state index is 0.0220. The van der Waals surface area contributed by atoms with Gasteiger partial charge in [-0.15, -0.1) is 35.5 Å². The minimum Gasteiger partial charge on any atom is -0.288 e. The molecule has 0 radical (unpaired) electrons. The van der Waals surface area contributed by atoms with Gasteiger partial charge in [-0.3, -0.25) is 9.59 Å². The van der Waals surface area contributed by atoms with Crippen molar-refractivity contribution in [3.8, 4) is 12.3 Å². The van der Waals surface area contributed by atoms with Crippen molar-refractivity contribution in [1.82, 2.24) is 0 Å². The molecule has 0 aromatic heterocycles. The monoisotopic (exact) mass is 296 g/mol. The van der Waals surface area contributed by atoms with Crippen LogP contribution >= 0.6 is 46.4 Å². The number of halogens is 4. The van der Waals surface area contributed by atoms with Gasteiger partial charge in [-0.25, -0.2) is 0 Å². The summed E-state index contributed by atoms with van der Waals surface area (Å²) in [6, 6.07) is 0. The lowest BCUT2D eigenvalue weighted by Crippen LogP contribution is -2.62. The van der Waals surface area contributed by atoms with Gasteiger partial charge in [0.15, 0.2) is 4.87 Å². The molecule has 6 heteroatoms. The Morgan fingerprint density at radius 3 is 2.25 bits per heavy atom. The molecule has 0 spiro atoms. The number of ketones is 2. The van der Waals surface area contributed by atoms with Crippen molar-refractivity contribution in [2.75, 3.05) is 0 Å². The molecule has 0 amide bonds. The largest absolute Gasteiger partial charge is 0.288 e. The Morgan fingerprint density at radius 1 is 1.19 bits per heavy atom. The van der Waals surface area contributed by atoms with Gasteiger partial charge < -0.3 is 0 Å². The first-order valence-electron chi connectivity index (χ1n) is 4.29. The molecule has 0 heterocycles. The van der Waals surface area contributed by atoms with Gasteiger partial charge in [0.1, 0.15) is 4.87 Å². The first-order valence-corrected chi connectivity index (χ1v) is 5.80. The van der Waals surface area contributed by atoms with E-state index in [1.54, 1.807) is 0 Å². The van der Waals surface area contributed by atoms with Gasteiger partial charge in [0.2, 0.25) is 11.6 Å². The normalized spacial score (nSPS) is 42.6. The zero-order valence-electron chi connectivity index (χ0n) is 7.69. The number of terminal acetylenes is 1. The maximum Gasteiger partial charge on any atom is 0.228 e. The standard InChI is InChI=1S/C10H4Cl4O2/c1-2-4-3-9(13)5(11)6(12)10(4,14)8(16)7(9)15/h1,4H,3H2. The second kappa shape index (κ2) is 3.40. The van der Waals surface area contributed by atoms with E-state index in [4.69, 9.17) is 52.8 Å². The highest BCUT2D eigenvalue weighted by molar-refractivity contribution is 6.70. The number of alkyl halides is 2. The molecule has 2 nitrogen and oxygen atoms in total. The topological polar surface area (TPSA) is 34.1 Å². The maximum absolute atomic E-state index is 11.8. The molecule has 3 atom stereocenters. The van der Waals surface area contributed by atoms with Gasteiger partial charge in [-0.05, 0) is 6.42 Å². The lowest BCUT2D eigenvalue weighted by molar-refractivity contribution is -0.141. The van der Waals surface area contributed by atoms with Crippen molar-refractivity contribution in [2.45, 2.75) is 16.2 Å². The van der Waals surface area contributed by atoms with E-state index in [1.165, 1.54) is 0 Å². The molecule has 1 saturated carbocycles. The SMILES string of the molecule is C#CC1CC2(Cl)C(=O)C(=O)C1(Cl)C(Cl)=C2Cl. The van der Waals surface area contributed by atoms with Gasteiger partial charge in [-0.2, -0.15) is 0 Å². The second-order valence-electron chi connectivity index (χ2n) is 3.72. The molecule has 3 rings (SSSR count). The molecule has 0 N–H and O–H groups in total. The first-order chi connectivity index (χ1) is 7.30. The fraction of sp³-hybridized carbons (Fsp3) is 0.400.